The van der Waals surface area contributed by atoms with Crippen LogP contribution < -0.4 is 14.8 Å². The van der Waals surface area contributed by atoms with Gasteiger partial charge in [0.05, 0.1) is 12.4 Å². The van der Waals surface area contributed by atoms with Gasteiger partial charge in [-0.15, -0.1) is 5.43 Å². The van der Waals surface area contributed by atoms with Crippen LogP contribution in [0.3, 0.4) is 0 Å². The lowest BCUT2D eigenvalue weighted by Gasteiger charge is -2.30. The molecular weight excluding hydrogens is 520 g/mol. The van der Waals surface area contributed by atoms with Gasteiger partial charge in [0.1, 0.15) is 5.75 Å². The number of hydrogen-bond donors (Lipinski definition) is 1. The number of amides is 1. The average Bonchev–Trinajstić information content (AvgIpc) is 2.78. The first-order chi connectivity index (χ1) is 16.5. The Kier molecular flexibility index (Phi) is 7.03. The Bertz CT molecular complexity index is 1240. The van der Waals surface area contributed by atoms with Gasteiger partial charge in [-0.05, 0) is 35.0 Å². The van der Waals surface area contributed by atoms with E-state index in [0.717, 1.165) is 18.2 Å². The van der Waals surface area contributed by atoms with E-state index in [1.165, 1.54) is 47.7 Å². The van der Waals surface area contributed by atoms with Gasteiger partial charge >= 0.3 is 36.6 Å². The molecule has 16 heteroatoms. The lowest BCUT2D eigenvalue weighted by atomic mass is 10.1. The third kappa shape index (κ3) is 5.58. The standard InChI is InChI=1S/C20H11F10N3O3/c21-16(36-20(29,30)18(24,25)19(26,27)28)17(22,23)35-14-4-3-11-9-13(2-1-12(11)10-14)15(34)32-33-7-5-31-6-8-33/h1-10,16H/p+1. The molecule has 1 heterocycles. The average molecular weight is 532 g/mol. The molecule has 0 aliphatic rings. The first-order valence-corrected chi connectivity index (χ1v) is 9.41. The summed E-state index contributed by atoms with van der Waals surface area (Å²) >= 11 is 0. The molecule has 36 heavy (non-hydrogen) atoms. The molecule has 1 unspecified atom stereocenters. The fraction of sp³-hybridized carbons (Fsp3) is 0.250. The van der Waals surface area contributed by atoms with Gasteiger partial charge in [0.25, 0.3) is 0 Å². The molecule has 194 valence electrons. The number of carbonyl (C=O) groups excluding carboxylic acids is 1. The van der Waals surface area contributed by atoms with Gasteiger partial charge in [-0.25, -0.2) is 4.39 Å². The van der Waals surface area contributed by atoms with E-state index in [1.54, 1.807) is 0 Å². The molecule has 6 nitrogen and oxygen atoms in total. The Morgan fingerprint density at radius 3 is 2.08 bits per heavy atom. The lowest BCUT2D eigenvalue weighted by molar-refractivity contribution is -0.641. The second-order valence-corrected chi connectivity index (χ2v) is 7.00. The van der Waals surface area contributed by atoms with Crippen molar-refractivity contribution < 1.29 is 62.8 Å². The predicted molar refractivity (Wildman–Crippen MR) is 99.6 cm³/mol. The van der Waals surface area contributed by atoms with Crippen LogP contribution in [0.4, 0.5) is 43.9 Å². The molecule has 1 atom stereocenters. The Hall–Kier alpha value is -3.69. The molecule has 3 aromatic rings. The number of hydrogen-bond acceptors (Lipinski definition) is 4. The monoisotopic (exact) mass is 532 g/mol. The third-order valence-corrected chi connectivity index (χ3v) is 4.42. The van der Waals surface area contributed by atoms with Gasteiger partial charge in [0.15, 0.2) is 0 Å². The van der Waals surface area contributed by atoms with Crippen LogP contribution in [0.15, 0.2) is 61.2 Å². The number of carbonyl (C=O) groups is 1. The van der Waals surface area contributed by atoms with Gasteiger partial charge in [-0.1, -0.05) is 16.8 Å². The van der Waals surface area contributed by atoms with E-state index in [2.05, 4.69) is 19.9 Å². The van der Waals surface area contributed by atoms with Crippen molar-refractivity contribution >= 4 is 16.7 Å². The number of ether oxygens (including phenoxy) is 2. The lowest BCUT2D eigenvalue weighted by Crippen LogP contribution is -2.56. The van der Waals surface area contributed by atoms with Crippen LogP contribution in [-0.4, -0.2) is 41.6 Å². The fourth-order valence-corrected chi connectivity index (χ4v) is 2.65. The largest absolute Gasteiger partial charge is 0.462 e. The smallest absolute Gasteiger partial charge is 0.429 e. The summed E-state index contributed by atoms with van der Waals surface area (Å²) in [5, 5.41) is 0.407. The van der Waals surface area contributed by atoms with E-state index in [-0.39, 0.29) is 16.3 Å². The predicted octanol–water partition coefficient (Wildman–Crippen LogP) is 4.98. The number of alkyl halides is 10. The maximum Gasteiger partial charge on any atom is 0.462 e. The number of nitrogens with zero attached hydrogens (tertiary/aromatic N) is 2. The van der Waals surface area contributed by atoms with Gasteiger partial charge < -0.3 is 4.74 Å². The summed E-state index contributed by atoms with van der Waals surface area (Å²) in [6.45, 7) is 0. The molecule has 0 saturated heterocycles. The van der Waals surface area contributed by atoms with E-state index in [4.69, 9.17) is 0 Å². The van der Waals surface area contributed by atoms with Crippen molar-refractivity contribution in [2.45, 2.75) is 30.7 Å². The highest BCUT2D eigenvalue weighted by Crippen LogP contribution is 2.48. The van der Waals surface area contributed by atoms with Crippen LogP contribution >= 0.6 is 0 Å². The Labute approximate surface area is 194 Å². The molecule has 1 amide bonds. The number of halogens is 10. The zero-order valence-electron chi connectivity index (χ0n) is 17.2. The highest BCUT2D eigenvalue weighted by atomic mass is 19.4. The van der Waals surface area contributed by atoms with Gasteiger partial charge in [-0.3, -0.25) is 14.5 Å². The molecule has 0 aliphatic heterocycles. The Balaban J connectivity index is 1.74. The molecule has 0 bridgehead atoms. The quantitative estimate of drug-likeness (QED) is 0.329. The topological polar surface area (TPSA) is 64.3 Å². The van der Waals surface area contributed by atoms with E-state index in [0.29, 0.717) is 0 Å². The van der Waals surface area contributed by atoms with Crippen LogP contribution in [0.5, 0.6) is 5.75 Å². The SMILES string of the molecule is O=C(N[n+]1ccncc1)c1ccc2cc(OC(F)(F)C(F)OC(F)(F)C(F)(F)C(F)(F)F)ccc2c1. The molecule has 0 aliphatic carbocycles. The number of fused-ring (bicyclic) bond motifs is 1. The summed E-state index contributed by atoms with van der Waals surface area (Å²) in [6.07, 6.45) is -18.0. The summed E-state index contributed by atoms with van der Waals surface area (Å²) < 4.78 is 137. The zero-order valence-corrected chi connectivity index (χ0v) is 17.2. The van der Waals surface area contributed by atoms with Crippen LogP contribution in [-0.2, 0) is 4.74 Å². The minimum Gasteiger partial charge on any atom is -0.429 e. The normalized spacial score (nSPS) is 13.9. The van der Waals surface area contributed by atoms with Gasteiger partial charge in [0, 0.05) is 5.56 Å². The highest BCUT2D eigenvalue weighted by Gasteiger charge is 2.76. The molecule has 0 saturated carbocycles. The summed E-state index contributed by atoms with van der Waals surface area (Å²) in [5.74, 6) is -8.42. The van der Waals surface area contributed by atoms with Crippen molar-refractivity contribution in [3.8, 4) is 5.75 Å². The van der Waals surface area contributed by atoms with Crippen molar-refractivity contribution in [3.05, 3.63) is 66.7 Å². The van der Waals surface area contributed by atoms with Crippen molar-refractivity contribution in [3.63, 3.8) is 0 Å². The highest BCUT2D eigenvalue weighted by molar-refractivity contribution is 6.02. The first-order valence-electron chi connectivity index (χ1n) is 9.41. The third-order valence-electron chi connectivity index (χ3n) is 4.42. The fourth-order valence-electron chi connectivity index (χ4n) is 2.65. The molecule has 0 radical (unpaired) electrons. The van der Waals surface area contributed by atoms with Crippen molar-refractivity contribution in [1.82, 2.24) is 4.98 Å². The number of rotatable bonds is 8. The number of nitrogens with one attached hydrogen (secondary N) is 1. The first kappa shape index (κ1) is 26.9. The molecular formula is C20H12F10N3O3+. The summed E-state index contributed by atoms with van der Waals surface area (Å²) in [6, 6.07) is 6.59. The number of aromatic nitrogens is 2. The summed E-state index contributed by atoms with van der Waals surface area (Å²) in [4.78, 5) is 16.1. The van der Waals surface area contributed by atoms with E-state index in [9.17, 15) is 48.7 Å². The van der Waals surface area contributed by atoms with Crippen LogP contribution in [0.25, 0.3) is 10.8 Å². The zero-order chi connectivity index (χ0) is 26.9. The Morgan fingerprint density at radius 1 is 0.889 bits per heavy atom. The number of benzene rings is 2. The molecule has 0 spiro atoms. The summed E-state index contributed by atoms with van der Waals surface area (Å²) in [7, 11) is 0. The van der Waals surface area contributed by atoms with E-state index in [1.807, 2.05) is 0 Å². The maximum atomic E-state index is 13.9. The van der Waals surface area contributed by atoms with Crippen LogP contribution in [0, 0.1) is 0 Å². The van der Waals surface area contributed by atoms with Crippen molar-refractivity contribution in [2.24, 2.45) is 0 Å². The minimum atomic E-state index is -6.97. The van der Waals surface area contributed by atoms with E-state index >= 15 is 0 Å². The second-order valence-electron chi connectivity index (χ2n) is 7.00. The minimum absolute atomic E-state index is 0.121. The van der Waals surface area contributed by atoms with Gasteiger partial charge in [-0.2, -0.15) is 39.5 Å². The van der Waals surface area contributed by atoms with Gasteiger partial charge in [0.2, 0.25) is 12.4 Å². The molecule has 2 aromatic carbocycles. The summed E-state index contributed by atoms with van der Waals surface area (Å²) in [5.41, 5.74) is 2.61. The van der Waals surface area contributed by atoms with Crippen LogP contribution in [0.2, 0.25) is 0 Å². The molecule has 1 N–H and O–H groups in total. The maximum absolute atomic E-state index is 13.9. The van der Waals surface area contributed by atoms with Crippen molar-refractivity contribution in [2.75, 3.05) is 5.43 Å². The van der Waals surface area contributed by atoms with Crippen molar-refractivity contribution in [1.29, 1.82) is 0 Å². The second kappa shape index (κ2) is 9.40. The Morgan fingerprint density at radius 2 is 1.47 bits per heavy atom. The van der Waals surface area contributed by atoms with E-state index < -0.39 is 42.3 Å². The molecule has 3 rings (SSSR count). The van der Waals surface area contributed by atoms with Crippen LogP contribution in [0.1, 0.15) is 10.4 Å². The molecule has 1 aromatic heterocycles. The molecule has 0 fully saturated rings.